The molecule has 0 aromatic rings. The van der Waals surface area contributed by atoms with Gasteiger partial charge in [-0.15, -0.1) is 0 Å². The second kappa shape index (κ2) is 3.19. The van der Waals surface area contributed by atoms with Gasteiger partial charge >= 0.3 is 0 Å². The molecule has 2 aliphatic carbocycles. The van der Waals surface area contributed by atoms with E-state index in [0.29, 0.717) is 12.5 Å². The van der Waals surface area contributed by atoms with E-state index in [2.05, 4.69) is 0 Å². The molecule has 80 valence electrons. The summed E-state index contributed by atoms with van der Waals surface area (Å²) in [5, 5.41) is 9.12. The Morgan fingerprint density at radius 1 is 1.07 bits per heavy atom. The van der Waals surface area contributed by atoms with Gasteiger partial charge in [-0.25, -0.2) is 0 Å². The molecule has 2 atom stereocenters. The molecule has 0 radical (unpaired) electrons. The maximum atomic E-state index is 9.12. The summed E-state index contributed by atoms with van der Waals surface area (Å²) in [5.41, 5.74) is 0. The van der Waals surface area contributed by atoms with Crippen molar-refractivity contribution in [1.82, 2.24) is 0 Å². The predicted molar refractivity (Wildman–Crippen MR) is 50.7 cm³/mol. The van der Waals surface area contributed by atoms with Crippen molar-refractivity contribution < 1.29 is 14.6 Å². The maximum Gasteiger partial charge on any atom is 0.169 e. The molecular formula is C11H18O3. The molecule has 2 saturated carbocycles. The van der Waals surface area contributed by atoms with E-state index in [-0.39, 0.29) is 5.79 Å². The van der Waals surface area contributed by atoms with Gasteiger partial charge in [0.25, 0.3) is 0 Å². The van der Waals surface area contributed by atoms with Crippen LogP contribution in [0.5, 0.6) is 0 Å². The van der Waals surface area contributed by atoms with E-state index in [1.807, 2.05) is 0 Å². The molecule has 1 N–H and O–H groups in total. The summed E-state index contributed by atoms with van der Waals surface area (Å²) < 4.78 is 11.4. The molecular weight excluding hydrogens is 180 g/mol. The largest absolute Gasteiger partial charge is 0.396 e. The first-order valence-corrected chi connectivity index (χ1v) is 5.70. The van der Waals surface area contributed by atoms with Gasteiger partial charge in [0.15, 0.2) is 5.79 Å². The standard InChI is InChI=1S/C11H18O3/c12-7-8-3-9-5-11(6-10(9)4-8)13-1-2-14-11/h8-10,12H,1-7H2. The minimum atomic E-state index is -0.213. The zero-order chi connectivity index (χ0) is 9.60. The number of hydrogen-bond acceptors (Lipinski definition) is 3. The average Bonchev–Trinajstić information content (AvgIpc) is 2.81. The van der Waals surface area contributed by atoms with Crippen LogP contribution in [0.1, 0.15) is 25.7 Å². The van der Waals surface area contributed by atoms with E-state index in [4.69, 9.17) is 14.6 Å². The van der Waals surface area contributed by atoms with Crippen LogP contribution in [0.2, 0.25) is 0 Å². The van der Waals surface area contributed by atoms with Gasteiger partial charge in [0.2, 0.25) is 0 Å². The normalized spacial score (nSPS) is 44.8. The minimum Gasteiger partial charge on any atom is -0.396 e. The van der Waals surface area contributed by atoms with Gasteiger partial charge in [-0.2, -0.15) is 0 Å². The fraction of sp³-hybridized carbons (Fsp3) is 1.00. The molecule has 0 aromatic carbocycles. The third-order valence-corrected chi connectivity index (χ3v) is 4.16. The van der Waals surface area contributed by atoms with Crippen molar-refractivity contribution in [1.29, 1.82) is 0 Å². The van der Waals surface area contributed by atoms with Crippen LogP contribution < -0.4 is 0 Å². The van der Waals surface area contributed by atoms with E-state index in [1.54, 1.807) is 0 Å². The molecule has 0 amide bonds. The third-order valence-electron chi connectivity index (χ3n) is 4.16. The molecule has 0 bridgehead atoms. The molecule has 3 rings (SSSR count). The van der Waals surface area contributed by atoms with Crippen LogP contribution in [-0.4, -0.2) is 30.7 Å². The van der Waals surface area contributed by atoms with Crippen molar-refractivity contribution in [3.63, 3.8) is 0 Å². The van der Waals surface area contributed by atoms with Crippen LogP contribution in [0, 0.1) is 17.8 Å². The lowest BCUT2D eigenvalue weighted by atomic mass is 10.0. The average molecular weight is 198 g/mol. The molecule has 2 unspecified atom stereocenters. The van der Waals surface area contributed by atoms with Crippen LogP contribution in [0.25, 0.3) is 0 Å². The highest BCUT2D eigenvalue weighted by Gasteiger charge is 2.52. The molecule has 1 heterocycles. The zero-order valence-electron chi connectivity index (χ0n) is 8.45. The van der Waals surface area contributed by atoms with E-state index in [9.17, 15) is 0 Å². The lowest BCUT2D eigenvalue weighted by Crippen LogP contribution is -2.27. The Morgan fingerprint density at radius 2 is 1.64 bits per heavy atom. The van der Waals surface area contributed by atoms with E-state index >= 15 is 0 Å². The monoisotopic (exact) mass is 198 g/mol. The summed E-state index contributed by atoms with van der Waals surface area (Å²) >= 11 is 0. The Labute approximate surface area is 84.4 Å². The van der Waals surface area contributed by atoms with E-state index in [1.165, 1.54) is 12.8 Å². The van der Waals surface area contributed by atoms with Crippen LogP contribution >= 0.6 is 0 Å². The number of hydrogen-bond donors (Lipinski definition) is 1. The van der Waals surface area contributed by atoms with Gasteiger partial charge in [0.05, 0.1) is 13.2 Å². The first-order chi connectivity index (χ1) is 6.81. The molecule has 14 heavy (non-hydrogen) atoms. The highest BCUT2D eigenvalue weighted by atomic mass is 16.7. The van der Waals surface area contributed by atoms with Gasteiger partial charge in [0.1, 0.15) is 0 Å². The summed E-state index contributed by atoms with van der Waals surface area (Å²) in [6.07, 6.45) is 4.48. The van der Waals surface area contributed by atoms with Crippen molar-refractivity contribution in [3.05, 3.63) is 0 Å². The summed E-state index contributed by atoms with van der Waals surface area (Å²) in [6.45, 7) is 1.90. The molecule has 3 aliphatic rings. The molecule has 0 aromatic heterocycles. The molecule has 3 nitrogen and oxygen atoms in total. The Kier molecular flexibility index (Phi) is 2.08. The molecule has 1 saturated heterocycles. The number of aliphatic hydroxyl groups is 1. The lowest BCUT2D eigenvalue weighted by molar-refractivity contribution is -0.156. The fourth-order valence-corrected chi connectivity index (χ4v) is 3.60. The van der Waals surface area contributed by atoms with Crippen LogP contribution in [0.3, 0.4) is 0 Å². The lowest BCUT2D eigenvalue weighted by Gasteiger charge is -2.23. The number of fused-ring (bicyclic) bond motifs is 1. The highest BCUT2D eigenvalue weighted by Crippen LogP contribution is 2.53. The number of aliphatic hydroxyl groups excluding tert-OH is 1. The van der Waals surface area contributed by atoms with Gasteiger partial charge in [-0.05, 0) is 30.6 Å². The highest BCUT2D eigenvalue weighted by molar-refractivity contribution is 4.97. The van der Waals surface area contributed by atoms with Gasteiger partial charge < -0.3 is 14.6 Å². The van der Waals surface area contributed by atoms with Crippen LogP contribution in [0.4, 0.5) is 0 Å². The summed E-state index contributed by atoms with van der Waals surface area (Å²) in [6, 6.07) is 0. The van der Waals surface area contributed by atoms with Crippen molar-refractivity contribution in [3.8, 4) is 0 Å². The molecule has 1 aliphatic heterocycles. The second-order valence-corrected chi connectivity index (χ2v) is 5.06. The zero-order valence-corrected chi connectivity index (χ0v) is 8.45. The van der Waals surface area contributed by atoms with Crippen molar-refractivity contribution in [2.45, 2.75) is 31.5 Å². The third kappa shape index (κ3) is 1.30. The predicted octanol–water partition coefficient (Wildman–Crippen LogP) is 1.16. The van der Waals surface area contributed by atoms with Gasteiger partial charge in [-0.1, -0.05) is 0 Å². The van der Waals surface area contributed by atoms with Crippen LogP contribution in [0.15, 0.2) is 0 Å². The Balaban J connectivity index is 1.68. The Hall–Kier alpha value is -0.120. The minimum absolute atomic E-state index is 0.213. The number of ether oxygens (including phenoxy) is 2. The molecule has 1 spiro atoms. The smallest absolute Gasteiger partial charge is 0.169 e. The quantitative estimate of drug-likeness (QED) is 0.687. The fourth-order valence-electron chi connectivity index (χ4n) is 3.60. The van der Waals surface area contributed by atoms with Crippen molar-refractivity contribution in [2.75, 3.05) is 19.8 Å². The second-order valence-electron chi connectivity index (χ2n) is 5.06. The SMILES string of the molecule is OCC1CC2CC3(CC2C1)OCCO3. The van der Waals surface area contributed by atoms with Gasteiger partial charge in [-0.3, -0.25) is 0 Å². The molecule has 3 fully saturated rings. The Morgan fingerprint density at radius 3 is 2.14 bits per heavy atom. The van der Waals surface area contributed by atoms with Crippen molar-refractivity contribution >= 4 is 0 Å². The van der Waals surface area contributed by atoms with E-state index in [0.717, 1.165) is 37.9 Å². The number of rotatable bonds is 1. The first kappa shape index (κ1) is 9.13. The van der Waals surface area contributed by atoms with Gasteiger partial charge in [0, 0.05) is 19.4 Å². The summed E-state index contributed by atoms with van der Waals surface area (Å²) in [5.74, 6) is 1.81. The Bertz CT molecular complexity index is 207. The summed E-state index contributed by atoms with van der Waals surface area (Å²) in [7, 11) is 0. The maximum absolute atomic E-state index is 9.12. The topological polar surface area (TPSA) is 38.7 Å². The van der Waals surface area contributed by atoms with Crippen LogP contribution in [-0.2, 0) is 9.47 Å². The summed E-state index contributed by atoms with van der Waals surface area (Å²) in [4.78, 5) is 0. The van der Waals surface area contributed by atoms with Crippen molar-refractivity contribution in [2.24, 2.45) is 17.8 Å². The first-order valence-electron chi connectivity index (χ1n) is 5.70. The van der Waals surface area contributed by atoms with E-state index < -0.39 is 0 Å². The molecule has 3 heteroatoms.